The molecule has 0 amide bonds. The van der Waals surface area contributed by atoms with Gasteiger partial charge < -0.3 is 4.79 Å². The van der Waals surface area contributed by atoms with Gasteiger partial charge in [0.05, 0.1) is 0 Å². The van der Waals surface area contributed by atoms with Crippen LogP contribution in [0.1, 0.15) is 13.8 Å². The maximum atomic E-state index is 9.99. The van der Waals surface area contributed by atoms with Crippen LogP contribution in [-0.4, -0.2) is 6.29 Å². The summed E-state index contributed by atoms with van der Waals surface area (Å²) in [6.07, 6.45) is 1.06. The van der Waals surface area contributed by atoms with Crippen molar-refractivity contribution in [2.75, 3.05) is 0 Å². The Morgan fingerprint density at radius 1 is 1.29 bits per heavy atom. The van der Waals surface area contributed by atoms with Gasteiger partial charge in [-0.2, -0.15) is 0 Å². The molecule has 1 rings (SSSR count). The summed E-state index contributed by atoms with van der Waals surface area (Å²) in [5, 5.41) is 0. The van der Waals surface area contributed by atoms with Gasteiger partial charge in [-0.15, -0.1) is 0 Å². The van der Waals surface area contributed by atoms with Crippen LogP contribution in [0.3, 0.4) is 0 Å². The quantitative estimate of drug-likeness (QED) is 0.448. The smallest absolute Gasteiger partial charge is 0.123 e. The Labute approximate surface area is 43.7 Å². The van der Waals surface area contributed by atoms with E-state index in [1.165, 1.54) is 0 Å². The van der Waals surface area contributed by atoms with Gasteiger partial charge in [0, 0.05) is 5.92 Å². The van der Waals surface area contributed by atoms with E-state index in [0.717, 1.165) is 6.29 Å². The molecule has 1 aliphatic carbocycles. The molecule has 0 saturated heterocycles. The summed E-state index contributed by atoms with van der Waals surface area (Å²) in [4.78, 5) is 9.99. The molecule has 0 aliphatic heterocycles. The van der Waals surface area contributed by atoms with Crippen LogP contribution in [0.25, 0.3) is 0 Å². The predicted molar refractivity (Wildman–Crippen MR) is 27.9 cm³/mol. The second kappa shape index (κ2) is 1.32. The van der Waals surface area contributed by atoms with Crippen molar-refractivity contribution in [1.29, 1.82) is 0 Å². The van der Waals surface area contributed by atoms with Gasteiger partial charge in [0.1, 0.15) is 6.29 Å². The van der Waals surface area contributed by atoms with Crippen LogP contribution >= 0.6 is 0 Å². The lowest BCUT2D eigenvalue weighted by Gasteiger charge is -1.67. The van der Waals surface area contributed by atoms with Gasteiger partial charge in [-0.05, 0) is 11.8 Å². The number of carbonyl (C=O) groups excluding carboxylic acids is 1. The largest absolute Gasteiger partial charge is 0.303 e. The first-order chi connectivity index (χ1) is 3.27. The number of hydrogen-bond acceptors (Lipinski definition) is 1. The van der Waals surface area contributed by atoms with E-state index in [0.29, 0.717) is 17.8 Å². The van der Waals surface area contributed by atoms with Crippen molar-refractivity contribution in [2.45, 2.75) is 13.8 Å². The van der Waals surface area contributed by atoms with Crippen molar-refractivity contribution in [1.82, 2.24) is 0 Å². The van der Waals surface area contributed by atoms with Gasteiger partial charge in [0.15, 0.2) is 0 Å². The van der Waals surface area contributed by atoms with E-state index in [1.807, 2.05) is 0 Å². The lowest BCUT2D eigenvalue weighted by molar-refractivity contribution is -0.109. The van der Waals surface area contributed by atoms with Gasteiger partial charge >= 0.3 is 0 Å². The first kappa shape index (κ1) is 4.82. The van der Waals surface area contributed by atoms with E-state index in [1.54, 1.807) is 0 Å². The zero-order chi connectivity index (χ0) is 5.44. The molecule has 1 fully saturated rings. The minimum atomic E-state index is 0.389. The maximum absolute atomic E-state index is 9.99. The maximum Gasteiger partial charge on any atom is 0.123 e. The van der Waals surface area contributed by atoms with E-state index in [4.69, 9.17) is 0 Å². The molecule has 0 aromatic rings. The molecular weight excluding hydrogens is 88.1 g/mol. The molecule has 0 aromatic carbocycles. The SMILES string of the molecule is C[C@@H]1C(C=O)[C@@H]1C. The fourth-order valence-electron chi connectivity index (χ4n) is 0.949. The average Bonchev–Trinajstić information content (AvgIpc) is 2.17. The average molecular weight is 98.1 g/mol. The Morgan fingerprint density at radius 2 is 1.71 bits per heavy atom. The third-order valence-electron chi connectivity index (χ3n) is 2.06. The van der Waals surface area contributed by atoms with Gasteiger partial charge in [-0.3, -0.25) is 0 Å². The summed E-state index contributed by atoms with van der Waals surface area (Å²) in [6, 6.07) is 0. The normalized spacial score (nSPS) is 48.6. The highest BCUT2D eigenvalue weighted by Gasteiger charge is 2.42. The molecule has 1 aliphatic rings. The topological polar surface area (TPSA) is 17.1 Å². The monoisotopic (exact) mass is 98.1 g/mol. The summed E-state index contributed by atoms with van der Waals surface area (Å²) >= 11 is 0. The standard InChI is InChI=1S/C6H10O/c1-4-5(2)6(4)3-7/h3-6H,1-2H3/t4-,5+,6?. The fourth-order valence-corrected chi connectivity index (χ4v) is 0.949. The molecule has 1 saturated carbocycles. The molecule has 0 N–H and O–H groups in total. The van der Waals surface area contributed by atoms with Gasteiger partial charge in [0.25, 0.3) is 0 Å². The molecule has 1 nitrogen and oxygen atoms in total. The lowest BCUT2D eigenvalue weighted by atomic mass is 10.4. The fraction of sp³-hybridized carbons (Fsp3) is 0.833. The molecule has 7 heavy (non-hydrogen) atoms. The second-order valence-corrected chi connectivity index (χ2v) is 2.43. The van der Waals surface area contributed by atoms with Crippen molar-refractivity contribution in [3.05, 3.63) is 0 Å². The highest BCUT2D eigenvalue weighted by molar-refractivity contribution is 5.58. The first-order valence-electron chi connectivity index (χ1n) is 2.72. The Hall–Kier alpha value is -0.330. The van der Waals surface area contributed by atoms with Gasteiger partial charge in [-0.1, -0.05) is 13.8 Å². The van der Waals surface area contributed by atoms with Crippen molar-refractivity contribution < 1.29 is 4.79 Å². The second-order valence-electron chi connectivity index (χ2n) is 2.43. The summed E-state index contributed by atoms with van der Waals surface area (Å²) in [5.74, 6) is 1.72. The number of rotatable bonds is 1. The Balaban J connectivity index is 2.37. The number of aldehydes is 1. The first-order valence-corrected chi connectivity index (χ1v) is 2.72. The highest BCUT2D eigenvalue weighted by atomic mass is 16.1. The van der Waals surface area contributed by atoms with E-state index in [9.17, 15) is 4.79 Å². The third-order valence-corrected chi connectivity index (χ3v) is 2.06. The predicted octanol–water partition coefficient (Wildman–Crippen LogP) is 1.09. The molecule has 1 heteroatoms. The molecule has 0 aromatic heterocycles. The Kier molecular flexibility index (Phi) is 0.911. The molecule has 0 spiro atoms. The van der Waals surface area contributed by atoms with Crippen LogP contribution in [0.5, 0.6) is 0 Å². The number of hydrogen-bond donors (Lipinski definition) is 0. The van der Waals surface area contributed by atoms with Crippen LogP contribution in [0.4, 0.5) is 0 Å². The van der Waals surface area contributed by atoms with E-state index >= 15 is 0 Å². The number of carbonyl (C=O) groups is 1. The molecular formula is C6H10O. The Bertz CT molecular complexity index is 80.2. The zero-order valence-electron chi connectivity index (χ0n) is 4.72. The van der Waals surface area contributed by atoms with Crippen LogP contribution in [-0.2, 0) is 4.79 Å². The molecule has 0 bridgehead atoms. The molecule has 1 unspecified atom stereocenters. The lowest BCUT2D eigenvalue weighted by Crippen LogP contribution is -1.75. The van der Waals surface area contributed by atoms with E-state index in [2.05, 4.69) is 13.8 Å². The van der Waals surface area contributed by atoms with Crippen molar-refractivity contribution in [3.8, 4) is 0 Å². The molecule has 3 atom stereocenters. The third kappa shape index (κ3) is 0.561. The molecule has 0 heterocycles. The Morgan fingerprint density at radius 3 is 1.71 bits per heavy atom. The van der Waals surface area contributed by atoms with Gasteiger partial charge in [-0.25, -0.2) is 0 Å². The van der Waals surface area contributed by atoms with Crippen LogP contribution in [0.15, 0.2) is 0 Å². The van der Waals surface area contributed by atoms with Crippen molar-refractivity contribution >= 4 is 6.29 Å². The van der Waals surface area contributed by atoms with Crippen molar-refractivity contribution in [3.63, 3.8) is 0 Å². The summed E-state index contributed by atoms with van der Waals surface area (Å²) < 4.78 is 0. The molecule has 0 radical (unpaired) electrons. The van der Waals surface area contributed by atoms with Gasteiger partial charge in [0.2, 0.25) is 0 Å². The minimum Gasteiger partial charge on any atom is -0.303 e. The molecule has 40 valence electrons. The minimum absolute atomic E-state index is 0.389. The summed E-state index contributed by atoms with van der Waals surface area (Å²) in [5.41, 5.74) is 0. The van der Waals surface area contributed by atoms with E-state index < -0.39 is 0 Å². The highest BCUT2D eigenvalue weighted by Crippen LogP contribution is 2.43. The van der Waals surface area contributed by atoms with Crippen molar-refractivity contribution in [2.24, 2.45) is 17.8 Å². The summed E-state index contributed by atoms with van der Waals surface area (Å²) in [6.45, 7) is 4.23. The van der Waals surface area contributed by atoms with Crippen LogP contribution in [0, 0.1) is 17.8 Å². The van der Waals surface area contributed by atoms with Crippen LogP contribution in [0.2, 0.25) is 0 Å². The zero-order valence-corrected chi connectivity index (χ0v) is 4.72. The van der Waals surface area contributed by atoms with E-state index in [-0.39, 0.29) is 0 Å². The van der Waals surface area contributed by atoms with Crippen LogP contribution < -0.4 is 0 Å². The summed E-state index contributed by atoms with van der Waals surface area (Å²) in [7, 11) is 0.